The third-order valence-electron chi connectivity index (χ3n) is 2.84. The molecule has 1 heterocycles. The molecule has 0 bridgehead atoms. The highest BCUT2D eigenvalue weighted by Crippen LogP contribution is 2.22. The van der Waals surface area contributed by atoms with Crippen LogP contribution in [0.25, 0.3) is 0 Å². The number of aryl methyl sites for hydroxylation is 2. The highest BCUT2D eigenvalue weighted by atomic mass is 35.5. The van der Waals surface area contributed by atoms with Crippen molar-refractivity contribution in [3.63, 3.8) is 0 Å². The zero-order chi connectivity index (χ0) is 14.5. The fourth-order valence-electron chi connectivity index (χ4n) is 1.77. The summed E-state index contributed by atoms with van der Waals surface area (Å²) in [5.74, 6) is 1.41. The molecule has 0 unspecified atom stereocenters. The Balaban J connectivity index is 2.19. The van der Waals surface area contributed by atoms with Crippen molar-refractivity contribution in [2.75, 3.05) is 17.2 Å². The maximum Gasteiger partial charge on any atom is 0.229 e. The molecule has 0 atom stereocenters. The zero-order valence-corrected chi connectivity index (χ0v) is 12.8. The summed E-state index contributed by atoms with van der Waals surface area (Å²) in [4.78, 5) is 8.83. The summed E-state index contributed by atoms with van der Waals surface area (Å²) >= 11 is 6.12. The first-order chi connectivity index (χ1) is 9.58. The van der Waals surface area contributed by atoms with Crippen molar-refractivity contribution in [1.82, 2.24) is 9.97 Å². The molecule has 0 aliphatic heterocycles. The average molecular weight is 291 g/mol. The smallest absolute Gasteiger partial charge is 0.229 e. The Labute approximate surface area is 124 Å². The zero-order valence-electron chi connectivity index (χ0n) is 12.0. The van der Waals surface area contributed by atoms with E-state index in [2.05, 4.69) is 27.5 Å². The molecule has 106 valence electrons. The lowest BCUT2D eigenvalue weighted by atomic mass is 10.2. The minimum atomic E-state index is 0.573. The summed E-state index contributed by atoms with van der Waals surface area (Å²) in [6.45, 7) is 6.94. The van der Waals surface area contributed by atoms with Gasteiger partial charge in [0.05, 0.1) is 0 Å². The minimum absolute atomic E-state index is 0.573. The Hall–Kier alpha value is -1.81. The third kappa shape index (κ3) is 3.84. The minimum Gasteiger partial charge on any atom is -0.370 e. The number of rotatable bonds is 5. The van der Waals surface area contributed by atoms with Gasteiger partial charge in [-0.1, -0.05) is 24.6 Å². The van der Waals surface area contributed by atoms with E-state index in [9.17, 15) is 0 Å². The van der Waals surface area contributed by atoms with Crippen LogP contribution in [0.2, 0.25) is 5.02 Å². The van der Waals surface area contributed by atoms with Gasteiger partial charge in [-0.15, -0.1) is 0 Å². The fourth-order valence-corrected chi connectivity index (χ4v) is 1.95. The summed E-state index contributed by atoms with van der Waals surface area (Å²) in [5, 5.41) is 7.18. The van der Waals surface area contributed by atoms with E-state index in [-0.39, 0.29) is 0 Å². The SMILES string of the molecule is CCCNc1cc(C)nc(Nc2ccc(C)c(Cl)c2)n1. The quantitative estimate of drug-likeness (QED) is 0.861. The summed E-state index contributed by atoms with van der Waals surface area (Å²) < 4.78 is 0. The molecule has 1 aromatic heterocycles. The van der Waals surface area contributed by atoms with Crippen LogP contribution >= 0.6 is 11.6 Å². The van der Waals surface area contributed by atoms with Gasteiger partial charge in [-0.2, -0.15) is 4.98 Å². The molecule has 0 spiro atoms. The largest absolute Gasteiger partial charge is 0.370 e. The molecule has 2 N–H and O–H groups in total. The second kappa shape index (κ2) is 6.57. The molecule has 0 radical (unpaired) electrons. The fraction of sp³-hybridized carbons (Fsp3) is 0.333. The summed E-state index contributed by atoms with van der Waals surface area (Å²) in [7, 11) is 0. The van der Waals surface area contributed by atoms with Crippen LogP contribution in [-0.4, -0.2) is 16.5 Å². The standard InChI is InChI=1S/C15H19ClN4/c1-4-7-17-14-8-11(3)18-15(20-14)19-12-6-5-10(2)13(16)9-12/h5-6,8-9H,4,7H2,1-3H3,(H2,17,18,19,20). The number of benzene rings is 1. The molecule has 1 aromatic carbocycles. The molecule has 20 heavy (non-hydrogen) atoms. The first kappa shape index (κ1) is 14.6. The number of hydrogen-bond acceptors (Lipinski definition) is 4. The summed E-state index contributed by atoms with van der Waals surface area (Å²) in [6.07, 6.45) is 1.05. The molecule has 0 aliphatic rings. The van der Waals surface area contributed by atoms with Gasteiger partial charge in [-0.25, -0.2) is 4.98 Å². The van der Waals surface area contributed by atoms with Crippen LogP contribution in [0.1, 0.15) is 24.6 Å². The van der Waals surface area contributed by atoms with E-state index >= 15 is 0 Å². The van der Waals surface area contributed by atoms with Gasteiger partial charge in [0.25, 0.3) is 0 Å². The topological polar surface area (TPSA) is 49.8 Å². The highest BCUT2D eigenvalue weighted by Gasteiger charge is 2.04. The number of aromatic nitrogens is 2. The number of halogens is 1. The van der Waals surface area contributed by atoms with Gasteiger partial charge < -0.3 is 10.6 Å². The molecule has 4 nitrogen and oxygen atoms in total. The Bertz CT molecular complexity index is 598. The van der Waals surface area contributed by atoms with Crippen molar-refractivity contribution in [3.05, 3.63) is 40.5 Å². The van der Waals surface area contributed by atoms with Crippen molar-refractivity contribution in [1.29, 1.82) is 0 Å². The van der Waals surface area contributed by atoms with Gasteiger partial charge in [0.15, 0.2) is 0 Å². The lowest BCUT2D eigenvalue weighted by Gasteiger charge is -2.10. The second-order valence-electron chi connectivity index (χ2n) is 4.73. The van der Waals surface area contributed by atoms with E-state index in [1.165, 1.54) is 0 Å². The van der Waals surface area contributed by atoms with Crippen LogP contribution in [0.3, 0.4) is 0 Å². The van der Waals surface area contributed by atoms with Crippen LogP contribution in [0.15, 0.2) is 24.3 Å². The summed E-state index contributed by atoms with van der Waals surface area (Å²) in [6, 6.07) is 7.74. The molecular weight excluding hydrogens is 272 g/mol. The Kier molecular flexibility index (Phi) is 4.79. The van der Waals surface area contributed by atoms with E-state index in [1.807, 2.05) is 38.1 Å². The lowest BCUT2D eigenvalue weighted by Crippen LogP contribution is -2.06. The van der Waals surface area contributed by atoms with Crippen LogP contribution < -0.4 is 10.6 Å². The number of nitrogens with one attached hydrogen (secondary N) is 2. The maximum absolute atomic E-state index is 6.12. The molecule has 2 rings (SSSR count). The molecule has 0 amide bonds. The molecule has 2 aromatic rings. The Morgan fingerprint density at radius 1 is 1.15 bits per heavy atom. The monoisotopic (exact) mass is 290 g/mol. The van der Waals surface area contributed by atoms with Gasteiger partial charge in [0, 0.05) is 29.0 Å². The molecule has 5 heteroatoms. The van der Waals surface area contributed by atoms with Crippen molar-refractivity contribution in [2.24, 2.45) is 0 Å². The predicted octanol–water partition coefficient (Wildman–Crippen LogP) is 4.31. The second-order valence-corrected chi connectivity index (χ2v) is 5.14. The number of anilines is 3. The molecule has 0 aliphatic carbocycles. The van der Waals surface area contributed by atoms with E-state index < -0.39 is 0 Å². The van der Waals surface area contributed by atoms with E-state index in [0.29, 0.717) is 5.95 Å². The van der Waals surface area contributed by atoms with Crippen molar-refractivity contribution in [3.8, 4) is 0 Å². The predicted molar refractivity (Wildman–Crippen MR) is 85.0 cm³/mol. The van der Waals surface area contributed by atoms with E-state index in [1.54, 1.807) is 0 Å². The molecular formula is C15H19ClN4. The third-order valence-corrected chi connectivity index (χ3v) is 3.25. The molecule has 0 fully saturated rings. The Morgan fingerprint density at radius 2 is 1.95 bits per heavy atom. The van der Waals surface area contributed by atoms with Crippen LogP contribution in [0.5, 0.6) is 0 Å². The number of nitrogens with zero attached hydrogens (tertiary/aromatic N) is 2. The van der Waals surface area contributed by atoms with Gasteiger partial charge in [0.2, 0.25) is 5.95 Å². The van der Waals surface area contributed by atoms with Crippen molar-refractivity contribution >= 4 is 29.1 Å². The first-order valence-electron chi connectivity index (χ1n) is 6.71. The van der Waals surface area contributed by atoms with E-state index in [0.717, 1.165) is 40.8 Å². The maximum atomic E-state index is 6.12. The van der Waals surface area contributed by atoms with Gasteiger partial charge >= 0.3 is 0 Å². The van der Waals surface area contributed by atoms with Crippen LogP contribution in [0, 0.1) is 13.8 Å². The Morgan fingerprint density at radius 3 is 2.65 bits per heavy atom. The molecule has 0 saturated heterocycles. The van der Waals surface area contributed by atoms with Gasteiger partial charge in [0.1, 0.15) is 5.82 Å². The summed E-state index contributed by atoms with van der Waals surface area (Å²) in [5.41, 5.74) is 2.85. The average Bonchev–Trinajstić information content (AvgIpc) is 2.40. The highest BCUT2D eigenvalue weighted by molar-refractivity contribution is 6.31. The van der Waals surface area contributed by atoms with Gasteiger partial charge in [-0.3, -0.25) is 0 Å². The number of hydrogen-bond donors (Lipinski definition) is 2. The first-order valence-corrected chi connectivity index (χ1v) is 7.09. The van der Waals surface area contributed by atoms with Gasteiger partial charge in [-0.05, 0) is 38.0 Å². The normalized spacial score (nSPS) is 10.4. The van der Waals surface area contributed by atoms with Crippen LogP contribution in [0.4, 0.5) is 17.5 Å². The lowest BCUT2D eigenvalue weighted by molar-refractivity contribution is 0.962. The van der Waals surface area contributed by atoms with Crippen molar-refractivity contribution < 1.29 is 0 Å². The molecule has 0 saturated carbocycles. The van der Waals surface area contributed by atoms with E-state index in [4.69, 9.17) is 11.6 Å². The van der Waals surface area contributed by atoms with Crippen molar-refractivity contribution in [2.45, 2.75) is 27.2 Å². The van der Waals surface area contributed by atoms with Crippen LogP contribution in [-0.2, 0) is 0 Å².